The molecule has 3 aromatic carbocycles. The first-order valence-corrected chi connectivity index (χ1v) is 9.27. The quantitative estimate of drug-likeness (QED) is 0.677. The van der Waals surface area contributed by atoms with E-state index in [2.05, 4.69) is 19.1 Å². The number of hydrogen-bond acceptors (Lipinski definition) is 4. The van der Waals surface area contributed by atoms with Crippen LogP contribution in [0.5, 0.6) is 11.5 Å². The molecule has 0 saturated carbocycles. The van der Waals surface area contributed by atoms with Crippen LogP contribution < -0.4 is 9.47 Å². The molecule has 134 valence electrons. The number of fused-ring (bicyclic) bond motifs is 1. The summed E-state index contributed by atoms with van der Waals surface area (Å²) in [7, 11) is 0. The molecule has 0 bridgehead atoms. The Balaban J connectivity index is 0.000000167. The molecule has 1 aliphatic rings. The van der Waals surface area contributed by atoms with E-state index >= 15 is 0 Å². The van der Waals surface area contributed by atoms with Gasteiger partial charge in [0.15, 0.2) is 11.5 Å². The SMILES string of the molecule is Cc1ccc2c(c1)OCO2.Cc1ccccc1Sc1ccccc1CO. The Bertz CT molecular complexity index is 877. The summed E-state index contributed by atoms with van der Waals surface area (Å²) >= 11 is 1.71. The van der Waals surface area contributed by atoms with Crippen molar-refractivity contribution in [1.29, 1.82) is 0 Å². The summed E-state index contributed by atoms with van der Waals surface area (Å²) in [4.78, 5) is 2.36. The van der Waals surface area contributed by atoms with E-state index in [-0.39, 0.29) is 6.61 Å². The van der Waals surface area contributed by atoms with Crippen molar-refractivity contribution in [2.45, 2.75) is 30.2 Å². The summed E-state index contributed by atoms with van der Waals surface area (Å²) in [5.41, 5.74) is 3.44. The Morgan fingerprint density at radius 1 is 0.846 bits per heavy atom. The second kappa shape index (κ2) is 8.79. The molecule has 0 amide bonds. The van der Waals surface area contributed by atoms with E-state index in [1.165, 1.54) is 16.0 Å². The predicted octanol–water partition coefficient (Wildman–Crippen LogP) is 5.36. The monoisotopic (exact) mass is 366 g/mol. The first kappa shape index (κ1) is 18.4. The van der Waals surface area contributed by atoms with E-state index < -0.39 is 0 Å². The summed E-state index contributed by atoms with van der Waals surface area (Å²) in [5.74, 6) is 1.71. The molecule has 1 N–H and O–H groups in total. The van der Waals surface area contributed by atoms with Crippen molar-refractivity contribution >= 4 is 11.8 Å². The van der Waals surface area contributed by atoms with E-state index in [1.807, 2.05) is 61.5 Å². The van der Waals surface area contributed by atoms with Gasteiger partial charge in [-0.05, 0) is 54.8 Å². The van der Waals surface area contributed by atoms with Gasteiger partial charge in [0.05, 0.1) is 6.61 Å². The van der Waals surface area contributed by atoms with Crippen LogP contribution in [-0.2, 0) is 6.61 Å². The molecule has 4 heteroatoms. The van der Waals surface area contributed by atoms with Gasteiger partial charge in [0, 0.05) is 9.79 Å². The average molecular weight is 366 g/mol. The van der Waals surface area contributed by atoms with Crippen LogP contribution in [0.3, 0.4) is 0 Å². The summed E-state index contributed by atoms with van der Waals surface area (Å²) < 4.78 is 10.3. The van der Waals surface area contributed by atoms with Crippen molar-refractivity contribution in [3.63, 3.8) is 0 Å². The van der Waals surface area contributed by atoms with Gasteiger partial charge < -0.3 is 14.6 Å². The second-order valence-corrected chi connectivity index (χ2v) is 7.07. The first-order valence-electron chi connectivity index (χ1n) is 8.46. The van der Waals surface area contributed by atoms with Gasteiger partial charge in [-0.1, -0.05) is 54.2 Å². The number of aliphatic hydroxyl groups excluding tert-OH is 1. The van der Waals surface area contributed by atoms with Crippen LogP contribution in [0.4, 0.5) is 0 Å². The highest BCUT2D eigenvalue weighted by molar-refractivity contribution is 7.99. The summed E-state index contributed by atoms with van der Waals surface area (Å²) in [6.07, 6.45) is 0. The van der Waals surface area contributed by atoms with Crippen molar-refractivity contribution < 1.29 is 14.6 Å². The van der Waals surface area contributed by atoms with Crippen molar-refractivity contribution in [2.24, 2.45) is 0 Å². The molecule has 0 saturated heterocycles. The average Bonchev–Trinajstić information content (AvgIpc) is 3.12. The molecule has 1 aliphatic heterocycles. The molecule has 26 heavy (non-hydrogen) atoms. The van der Waals surface area contributed by atoms with E-state index in [4.69, 9.17) is 9.47 Å². The topological polar surface area (TPSA) is 38.7 Å². The van der Waals surface area contributed by atoms with Crippen molar-refractivity contribution in [1.82, 2.24) is 0 Å². The van der Waals surface area contributed by atoms with Crippen LogP contribution in [0.15, 0.2) is 76.5 Å². The molecular formula is C22H22O3S. The fourth-order valence-corrected chi connectivity index (χ4v) is 3.55. The highest BCUT2D eigenvalue weighted by Crippen LogP contribution is 2.33. The Labute approximate surface area is 158 Å². The third-order valence-electron chi connectivity index (χ3n) is 3.98. The second-order valence-electron chi connectivity index (χ2n) is 5.99. The van der Waals surface area contributed by atoms with Crippen LogP contribution in [0, 0.1) is 13.8 Å². The highest BCUT2D eigenvalue weighted by Gasteiger charge is 2.11. The summed E-state index contributed by atoms with van der Waals surface area (Å²) in [6, 6.07) is 22.1. The minimum absolute atomic E-state index is 0.0923. The van der Waals surface area contributed by atoms with Gasteiger partial charge in [-0.25, -0.2) is 0 Å². The zero-order chi connectivity index (χ0) is 18.4. The van der Waals surface area contributed by atoms with Crippen LogP contribution in [-0.4, -0.2) is 11.9 Å². The van der Waals surface area contributed by atoms with Crippen molar-refractivity contribution in [2.75, 3.05) is 6.79 Å². The maximum Gasteiger partial charge on any atom is 0.231 e. The Morgan fingerprint density at radius 2 is 1.54 bits per heavy atom. The van der Waals surface area contributed by atoms with E-state index in [1.54, 1.807) is 11.8 Å². The Hall–Kier alpha value is -2.43. The van der Waals surface area contributed by atoms with Gasteiger partial charge in [0.25, 0.3) is 0 Å². The molecule has 0 fully saturated rings. The Kier molecular flexibility index (Phi) is 6.21. The summed E-state index contributed by atoms with van der Waals surface area (Å²) in [6.45, 7) is 4.58. The lowest BCUT2D eigenvalue weighted by atomic mass is 10.2. The third-order valence-corrected chi connectivity index (χ3v) is 5.28. The van der Waals surface area contributed by atoms with Gasteiger partial charge >= 0.3 is 0 Å². The van der Waals surface area contributed by atoms with Gasteiger partial charge in [-0.15, -0.1) is 0 Å². The molecule has 0 radical (unpaired) electrons. The molecule has 0 aromatic heterocycles. The van der Waals surface area contributed by atoms with E-state index in [9.17, 15) is 5.11 Å². The molecule has 0 unspecified atom stereocenters. The van der Waals surface area contributed by atoms with Gasteiger partial charge in [-0.3, -0.25) is 0 Å². The number of aliphatic hydroxyl groups is 1. The largest absolute Gasteiger partial charge is 0.454 e. The Morgan fingerprint density at radius 3 is 2.31 bits per heavy atom. The zero-order valence-corrected chi connectivity index (χ0v) is 15.8. The van der Waals surface area contributed by atoms with Crippen LogP contribution in [0.2, 0.25) is 0 Å². The number of hydrogen-bond donors (Lipinski definition) is 1. The lowest BCUT2D eigenvalue weighted by Gasteiger charge is -2.08. The third kappa shape index (κ3) is 4.59. The first-order chi connectivity index (χ1) is 12.7. The number of ether oxygens (including phenoxy) is 2. The van der Waals surface area contributed by atoms with Gasteiger partial charge in [0.2, 0.25) is 6.79 Å². The fraction of sp³-hybridized carbons (Fsp3) is 0.182. The normalized spacial score (nSPS) is 11.7. The van der Waals surface area contributed by atoms with Crippen LogP contribution in [0.25, 0.3) is 0 Å². The van der Waals surface area contributed by atoms with Crippen LogP contribution in [0.1, 0.15) is 16.7 Å². The van der Waals surface area contributed by atoms with Crippen molar-refractivity contribution in [3.05, 3.63) is 83.4 Å². The number of aryl methyl sites for hydroxylation is 2. The van der Waals surface area contributed by atoms with E-state index in [0.29, 0.717) is 6.79 Å². The van der Waals surface area contributed by atoms with Crippen LogP contribution >= 0.6 is 11.8 Å². The summed E-state index contributed by atoms with van der Waals surface area (Å²) in [5, 5.41) is 9.25. The number of rotatable bonds is 3. The van der Waals surface area contributed by atoms with Gasteiger partial charge in [-0.2, -0.15) is 0 Å². The molecule has 3 nitrogen and oxygen atoms in total. The molecule has 3 aromatic rings. The molecule has 1 heterocycles. The minimum atomic E-state index is 0.0923. The van der Waals surface area contributed by atoms with Gasteiger partial charge in [0.1, 0.15) is 0 Å². The smallest absolute Gasteiger partial charge is 0.231 e. The molecule has 0 aliphatic carbocycles. The zero-order valence-electron chi connectivity index (χ0n) is 14.9. The lowest BCUT2D eigenvalue weighted by Crippen LogP contribution is -1.92. The standard InChI is InChI=1S/C14H14OS.C8H8O2/c1-11-6-2-4-8-13(11)16-14-9-5-3-7-12(14)10-15;1-6-2-3-7-8(4-6)10-5-9-7/h2-9,15H,10H2,1H3;2-4H,5H2,1H3. The highest BCUT2D eigenvalue weighted by atomic mass is 32.2. The number of benzene rings is 3. The molecular weight excluding hydrogens is 344 g/mol. The van der Waals surface area contributed by atoms with E-state index in [0.717, 1.165) is 22.0 Å². The molecule has 0 atom stereocenters. The lowest BCUT2D eigenvalue weighted by molar-refractivity contribution is 0.174. The maximum absolute atomic E-state index is 9.25. The predicted molar refractivity (Wildman–Crippen MR) is 105 cm³/mol. The van der Waals surface area contributed by atoms with Crippen molar-refractivity contribution in [3.8, 4) is 11.5 Å². The fourth-order valence-electron chi connectivity index (χ4n) is 2.53. The maximum atomic E-state index is 9.25. The minimum Gasteiger partial charge on any atom is -0.454 e. The molecule has 0 spiro atoms. The molecule has 4 rings (SSSR count).